The molecule has 92 valence electrons. The van der Waals surface area contributed by atoms with E-state index in [9.17, 15) is 4.79 Å². The van der Waals surface area contributed by atoms with Crippen molar-refractivity contribution in [3.63, 3.8) is 0 Å². The summed E-state index contributed by atoms with van der Waals surface area (Å²) in [6, 6.07) is 0. The van der Waals surface area contributed by atoms with E-state index in [2.05, 4.69) is 19.2 Å². The van der Waals surface area contributed by atoms with Crippen LogP contribution in [0.2, 0.25) is 0 Å². The van der Waals surface area contributed by atoms with Gasteiger partial charge >= 0.3 is 0 Å². The van der Waals surface area contributed by atoms with Crippen molar-refractivity contribution in [3.05, 3.63) is 0 Å². The molecule has 0 saturated heterocycles. The Morgan fingerprint density at radius 1 is 1.27 bits per heavy atom. The highest BCUT2D eigenvalue weighted by Gasteiger charge is 2.06. The van der Waals surface area contributed by atoms with Crippen molar-refractivity contribution in [2.24, 2.45) is 0 Å². The zero-order valence-corrected chi connectivity index (χ0v) is 10.9. The van der Waals surface area contributed by atoms with E-state index >= 15 is 0 Å². The molecule has 15 heavy (non-hydrogen) atoms. The lowest BCUT2D eigenvalue weighted by atomic mass is 10.2. The van der Waals surface area contributed by atoms with Gasteiger partial charge in [-0.1, -0.05) is 34.6 Å². The topological polar surface area (TPSA) is 38.3 Å². The van der Waals surface area contributed by atoms with Crippen molar-refractivity contribution in [2.45, 2.75) is 60.0 Å². The summed E-state index contributed by atoms with van der Waals surface area (Å²) in [5, 5.41) is 2.83. The molecular weight excluding hydrogens is 190 g/mol. The summed E-state index contributed by atoms with van der Waals surface area (Å²) >= 11 is 0. The number of hydrogen-bond donors (Lipinski definition) is 1. The Morgan fingerprint density at radius 3 is 2.27 bits per heavy atom. The molecule has 1 atom stereocenters. The lowest BCUT2D eigenvalue weighted by molar-refractivity contribution is -0.121. The minimum absolute atomic E-state index is 0.0959. The van der Waals surface area contributed by atoms with Crippen LogP contribution in [0.5, 0.6) is 0 Å². The first kappa shape index (κ1) is 16.8. The average molecular weight is 217 g/mol. The second-order valence-electron chi connectivity index (χ2n) is 3.06. The fourth-order valence-electron chi connectivity index (χ4n) is 0.958. The summed E-state index contributed by atoms with van der Waals surface area (Å²) < 4.78 is 5.52. The highest BCUT2D eigenvalue weighted by molar-refractivity contribution is 5.75. The van der Waals surface area contributed by atoms with Crippen LogP contribution in [0.1, 0.15) is 53.9 Å². The van der Waals surface area contributed by atoms with E-state index in [1.54, 1.807) is 0 Å². The smallest absolute Gasteiger partial charge is 0.219 e. The lowest BCUT2D eigenvalue weighted by Crippen LogP contribution is -2.33. The fraction of sp³-hybridized carbons (Fsp3) is 0.917. The highest BCUT2D eigenvalue weighted by atomic mass is 16.5. The predicted octanol–water partition coefficient (Wildman–Crippen LogP) is 2.74. The minimum atomic E-state index is 0.0959. The van der Waals surface area contributed by atoms with E-state index < -0.39 is 0 Å². The standard InChI is InChI=1S/C10H21NO2.C2H6/c1-4-7-13-9(5-2)8-11-10(12)6-3;1-2/h9H,4-8H2,1-3H3,(H,11,12);1-2H3. The molecule has 0 bridgehead atoms. The van der Waals surface area contributed by atoms with Crippen LogP contribution >= 0.6 is 0 Å². The monoisotopic (exact) mass is 217 g/mol. The van der Waals surface area contributed by atoms with Gasteiger partial charge in [0.2, 0.25) is 5.91 Å². The fourth-order valence-corrected chi connectivity index (χ4v) is 0.958. The van der Waals surface area contributed by atoms with Gasteiger partial charge in [0, 0.05) is 19.6 Å². The zero-order valence-electron chi connectivity index (χ0n) is 10.9. The lowest BCUT2D eigenvalue weighted by Gasteiger charge is -2.15. The Hall–Kier alpha value is -0.570. The Balaban J connectivity index is 0. The van der Waals surface area contributed by atoms with E-state index in [0.717, 1.165) is 19.4 Å². The van der Waals surface area contributed by atoms with Crippen LogP contribution < -0.4 is 5.32 Å². The van der Waals surface area contributed by atoms with Crippen LogP contribution in [0.3, 0.4) is 0 Å². The molecule has 1 N–H and O–H groups in total. The quantitative estimate of drug-likeness (QED) is 0.712. The molecular formula is C12H27NO2. The Morgan fingerprint density at radius 2 is 1.87 bits per heavy atom. The molecule has 0 fully saturated rings. The Labute approximate surface area is 94.6 Å². The van der Waals surface area contributed by atoms with Gasteiger partial charge in [0.05, 0.1) is 6.10 Å². The van der Waals surface area contributed by atoms with Crippen molar-refractivity contribution in [1.29, 1.82) is 0 Å². The number of ether oxygens (including phenoxy) is 1. The molecule has 0 aromatic heterocycles. The molecule has 0 spiro atoms. The van der Waals surface area contributed by atoms with Gasteiger partial charge in [0.15, 0.2) is 0 Å². The van der Waals surface area contributed by atoms with E-state index in [0.29, 0.717) is 13.0 Å². The molecule has 3 heteroatoms. The SMILES string of the molecule is CC.CCCOC(CC)CNC(=O)CC. The number of carbonyl (C=O) groups is 1. The molecule has 0 rings (SSSR count). The van der Waals surface area contributed by atoms with Crippen molar-refractivity contribution in [2.75, 3.05) is 13.2 Å². The van der Waals surface area contributed by atoms with Crippen LogP contribution in [-0.2, 0) is 9.53 Å². The van der Waals surface area contributed by atoms with Crippen molar-refractivity contribution >= 4 is 5.91 Å². The molecule has 0 saturated carbocycles. The zero-order chi connectivity index (χ0) is 12.1. The summed E-state index contributed by atoms with van der Waals surface area (Å²) in [5.41, 5.74) is 0. The minimum Gasteiger partial charge on any atom is -0.376 e. The normalized spacial score (nSPS) is 11.3. The van der Waals surface area contributed by atoms with Crippen molar-refractivity contribution in [3.8, 4) is 0 Å². The molecule has 0 aliphatic carbocycles. The van der Waals surface area contributed by atoms with E-state index in [1.165, 1.54) is 0 Å². The van der Waals surface area contributed by atoms with Gasteiger partial charge in [-0.05, 0) is 12.8 Å². The molecule has 1 amide bonds. The van der Waals surface area contributed by atoms with Gasteiger partial charge in [-0.2, -0.15) is 0 Å². The van der Waals surface area contributed by atoms with E-state index in [1.807, 2.05) is 20.8 Å². The average Bonchev–Trinajstić information content (AvgIpc) is 2.31. The van der Waals surface area contributed by atoms with Gasteiger partial charge in [-0.3, -0.25) is 4.79 Å². The maximum atomic E-state index is 10.9. The Kier molecular flexibility index (Phi) is 15.1. The predicted molar refractivity (Wildman–Crippen MR) is 65.0 cm³/mol. The summed E-state index contributed by atoms with van der Waals surface area (Å²) in [6.07, 6.45) is 2.70. The van der Waals surface area contributed by atoms with Crippen LogP contribution in [0.15, 0.2) is 0 Å². The molecule has 0 heterocycles. The third-order valence-corrected chi connectivity index (χ3v) is 1.86. The highest BCUT2D eigenvalue weighted by Crippen LogP contribution is 1.97. The first-order chi connectivity index (χ1) is 7.24. The number of amides is 1. The number of rotatable bonds is 7. The maximum Gasteiger partial charge on any atom is 0.219 e. The van der Waals surface area contributed by atoms with Gasteiger partial charge in [-0.15, -0.1) is 0 Å². The largest absolute Gasteiger partial charge is 0.376 e. The molecule has 1 unspecified atom stereocenters. The number of carbonyl (C=O) groups excluding carboxylic acids is 1. The first-order valence-corrected chi connectivity index (χ1v) is 6.12. The summed E-state index contributed by atoms with van der Waals surface area (Å²) in [5.74, 6) is 0.0959. The number of nitrogens with one attached hydrogen (secondary N) is 1. The van der Waals surface area contributed by atoms with Gasteiger partial charge in [0.25, 0.3) is 0 Å². The second kappa shape index (κ2) is 13.4. The second-order valence-corrected chi connectivity index (χ2v) is 3.06. The summed E-state index contributed by atoms with van der Waals surface area (Å²) in [4.78, 5) is 10.9. The van der Waals surface area contributed by atoms with Crippen LogP contribution in [-0.4, -0.2) is 25.2 Å². The Bertz CT molecular complexity index is 138. The summed E-state index contributed by atoms with van der Waals surface area (Å²) in [7, 11) is 0. The van der Waals surface area contributed by atoms with Gasteiger partial charge < -0.3 is 10.1 Å². The van der Waals surface area contributed by atoms with Gasteiger partial charge in [-0.25, -0.2) is 0 Å². The molecule has 0 aromatic carbocycles. The van der Waals surface area contributed by atoms with Crippen LogP contribution in [0.4, 0.5) is 0 Å². The first-order valence-electron chi connectivity index (χ1n) is 6.12. The molecule has 0 radical (unpaired) electrons. The van der Waals surface area contributed by atoms with Crippen LogP contribution in [0, 0.1) is 0 Å². The molecule has 0 aliphatic rings. The summed E-state index contributed by atoms with van der Waals surface area (Å²) in [6.45, 7) is 11.4. The molecule has 0 aromatic rings. The third kappa shape index (κ3) is 11.4. The number of hydrogen-bond acceptors (Lipinski definition) is 2. The van der Waals surface area contributed by atoms with Crippen LogP contribution in [0.25, 0.3) is 0 Å². The third-order valence-electron chi connectivity index (χ3n) is 1.86. The maximum absolute atomic E-state index is 10.9. The van der Waals surface area contributed by atoms with Crippen molar-refractivity contribution in [1.82, 2.24) is 5.32 Å². The van der Waals surface area contributed by atoms with Gasteiger partial charge in [0.1, 0.15) is 0 Å². The molecule has 3 nitrogen and oxygen atoms in total. The van der Waals surface area contributed by atoms with Crippen molar-refractivity contribution < 1.29 is 9.53 Å². The van der Waals surface area contributed by atoms with E-state index in [4.69, 9.17) is 4.74 Å². The van der Waals surface area contributed by atoms with E-state index in [-0.39, 0.29) is 12.0 Å². The molecule has 0 aliphatic heterocycles.